The van der Waals surface area contributed by atoms with E-state index in [1.807, 2.05) is 23.1 Å². The summed E-state index contributed by atoms with van der Waals surface area (Å²) < 4.78 is 5.30. The molecule has 1 fully saturated rings. The smallest absolute Gasteiger partial charge is 0.259 e. The molecule has 4 nitrogen and oxygen atoms in total. The Bertz CT molecular complexity index is 696. The number of rotatable bonds is 2. The number of amides is 1. The number of piperidine rings is 1. The zero-order valence-electron chi connectivity index (χ0n) is 12.8. The van der Waals surface area contributed by atoms with Crippen molar-refractivity contribution in [2.45, 2.75) is 39.2 Å². The molecular formula is C17H19ClN2O2. The molecule has 22 heavy (non-hydrogen) atoms. The lowest BCUT2D eigenvalue weighted by Crippen LogP contribution is -2.42. The highest BCUT2D eigenvalue weighted by atomic mass is 35.5. The average Bonchev–Trinajstić information content (AvgIpc) is 2.89. The van der Waals surface area contributed by atoms with Crippen LogP contribution in [-0.4, -0.2) is 28.6 Å². The maximum absolute atomic E-state index is 13.0. The van der Waals surface area contributed by atoms with Crippen LogP contribution >= 0.6 is 11.6 Å². The summed E-state index contributed by atoms with van der Waals surface area (Å²) in [5, 5.41) is 4.65. The van der Waals surface area contributed by atoms with Crippen molar-refractivity contribution in [2.75, 3.05) is 6.54 Å². The highest BCUT2D eigenvalue weighted by molar-refractivity contribution is 6.33. The molecule has 2 heterocycles. The highest BCUT2D eigenvalue weighted by Gasteiger charge is 2.30. The molecule has 2 aromatic rings. The Hall–Kier alpha value is -1.81. The van der Waals surface area contributed by atoms with Crippen molar-refractivity contribution in [3.63, 3.8) is 0 Å². The summed E-state index contributed by atoms with van der Waals surface area (Å²) in [6.07, 6.45) is 3.25. The van der Waals surface area contributed by atoms with Gasteiger partial charge >= 0.3 is 0 Å². The second-order valence-corrected chi connectivity index (χ2v) is 6.19. The summed E-state index contributed by atoms with van der Waals surface area (Å²) >= 11 is 6.25. The summed E-state index contributed by atoms with van der Waals surface area (Å²) in [4.78, 5) is 14.9. The number of halogens is 1. The van der Waals surface area contributed by atoms with Crippen LogP contribution in [-0.2, 0) is 0 Å². The molecule has 0 bridgehead atoms. The van der Waals surface area contributed by atoms with Crippen molar-refractivity contribution in [2.24, 2.45) is 0 Å². The van der Waals surface area contributed by atoms with Gasteiger partial charge in [-0.15, -0.1) is 0 Å². The lowest BCUT2D eigenvalue weighted by Gasteiger charge is -2.33. The monoisotopic (exact) mass is 318 g/mol. The predicted molar refractivity (Wildman–Crippen MR) is 86.0 cm³/mol. The van der Waals surface area contributed by atoms with E-state index in [2.05, 4.69) is 12.1 Å². The van der Waals surface area contributed by atoms with Crippen molar-refractivity contribution in [1.82, 2.24) is 10.1 Å². The van der Waals surface area contributed by atoms with Gasteiger partial charge in [-0.05, 0) is 39.2 Å². The summed E-state index contributed by atoms with van der Waals surface area (Å²) in [5.41, 5.74) is 1.79. The molecule has 0 spiro atoms. The number of nitrogens with zero attached hydrogens (tertiary/aromatic N) is 2. The molecule has 1 atom stereocenters. The Kier molecular flexibility index (Phi) is 4.21. The molecule has 0 saturated carbocycles. The number of carbonyl (C=O) groups excluding carboxylic acids is 1. The highest BCUT2D eigenvalue weighted by Crippen LogP contribution is 2.32. The van der Waals surface area contributed by atoms with Gasteiger partial charge in [-0.25, -0.2) is 0 Å². The fourth-order valence-electron chi connectivity index (χ4n) is 3.00. The van der Waals surface area contributed by atoms with Crippen LogP contribution in [0.4, 0.5) is 0 Å². The third kappa shape index (κ3) is 2.63. The van der Waals surface area contributed by atoms with Gasteiger partial charge in [0.25, 0.3) is 5.91 Å². The molecule has 1 aromatic carbocycles. The molecule has 1 aliphatic rings. The Balaban J connectivity index is 2.03. The maximum Gasteiger partial charge on any atom is 0.259 e. The van der Waals surface area contributed by atoms with Gasteiger partial charge in [-0.3, -0.25) is 4.79 Å². The Morgan fingerprint density at radius 1 is 1.36 bits per heavy atom. The van der Waals surface area contributed by atoms with Gasteiger partial charge in [-0.2, -0.15) is 0 Å². The van der Waals surface area contributed by atoms with E-state index >= 15 is 0 Å². The molecule has 1 aliphatic heterocycles. The SMILES string of the molecule is Cc1onc(-c2ccccc2Cl)c1C(=O)N1CCCC[C@@H]1C. The van der Waals surface area contributed by atoms with Crippen LogP contribution < -0.4 is 0 Å². The van der Waals surface area contributed by atoms with Crippen LogP contribution in [0.25, 0.3) is 11.3 Å². The first-order chi connectivity index (χ1) is 10.6. The minimum atomic E-state index is -0.0131. The summed E-state index contributed by atoms with van der Waals surface area (Å²) in [6, 6.07) is 7.62. The Morgan fingerprint density at radius 3 is 2.86 bits per heavy atom. The molecule has 1 aromatic heterocycles. The number of hydrogen-bond acceptors (Lipinski definition) is 3. The number of aromatic nitrogens is 1. The van der Waals surface area contributed by atoms with Crippen LogP contribution in [0.5, 0.6) is 0 Å². The normalized spacial score (nSPS) is 18.5. The van der Waals surface area contributed by atoms with Gasteiger partial charge < -0.3 is 9.42 Å². The lowest BCUT2D eigenvalue weighted by atomic mass is 10.00. The van der Waals surface area contributed by atoms with E-state index in [9.17, 15) is 4.79 Å². The molecule has 3 rings (SSSR count). The van der Waals surface area contributed by atoms with Gasteiger partial charge in [0.1, 0.15) is 17.0 Å². The number of aryl methyl sites for hydroxylation is 1. The summed E-state index contributed by atoms with van der Waals surface area (Å²) in [6.45, 7) is 4.65. The fourth-order valence-corrected chi connectivity index (χ4v) is 3.23. The van der Waals surface area contributed by atoms with E-state index in [-0.39, 0.29) is 11.9 Å². The van der Waals surface area contributed by atoms with Crippen molar-refractivity contribution in [3.8, 4) is 11.3 Å². The maximum atomic E-state index is 13.0. The minimum absolute atomic E-state index is 0.0131. The third-order valence-electron chi connectivity index (χ3n) is 4.27. The second kappa shape index (κ2) is 6.13. The van der Waals surface area contributed by atoms with E-state index in [1.54, 1.807) is 13.0 Å². The van der Waals surface area contributed by atoms with Crippen molar-refractivity contribution in [1.29, 1.82) is 0 Å². The van der Waals surface area contributed by atoms with Gasteiger partial charge in [0.15, 0.2) is 0 Å². The van der Waals surface area contributed by atoms with Gasteiger partial charge in [0, 0.05) is 18.2 Å². The lowest BCUT2D eigenvalue weighted by molar-refractivity contribution is 0.0634. The van der Waals surface area contributed by atoms with Crippen LogP contribution in [0, 0.1) is 6.92 Å². The van der Waals surface area contributed by atoms with Crippen LogP contribution in [0.1, 0.15) is 42.3 Å². The van der Waals surface area contributed by atoms with E-state index in [0.717, 1.165) is 24.9 Å². The third-order valence-corrected chi connectivity index (χ3v) is 4.60. The first-order valence-corrected chi connectivity index (χ1v) is 7.99. The number of hydrogen-bond donors (Lipinski definition) is 0. The zero-order chi connectivity index (χ0) is 15.7. The Labute approximate surface area is 135 Å². The van der Waals surface area contributed by atoms with E-state index in [1.165, 1.54) is 6.42 Å². The molecule has 0 radical (unpaired) electrons. The minimum Gasteiger partial charge on any atom is -0.360 e. The molecule has 0 N–H and O–H groups in total. The largest absolute Gasteiger partial charge is 0.360 e. The number of carbonyl (C=O) groups is 1. The molecule has 0 unspecified atom stereocenters. The summed E-state index contributed by atoms with van der Waals surface area (Å²) in [7, 11) is 0. The zero-order valence-corrected chi connectivity index (χ0v) is 13.6. The average molecular weight is 319 g/mol. The quantitative estimate of drug-likeness (QED) is 0.828. The van der Waals surface area contributed by atoms with Crippen LogP contribution in [0.2, 0.25) is 5.02 Å². The van der Waals surface area contributed by atoms with Gasteiger partial charge in [0.2, 0.25) is 0 Å². The molecule has 1 saturated heterocycles. The number of likely N-dealkylation sites (tertiary alicyclic amines) is 1. The van der Waals surface area contributed by atoms with Crippen LogP contribution in [0.3, 0.4) is 0 Å². The number of benzene rings is 1. The topological polar surface area (TPSA) is 46.3 Å². The molecule has 0 aliphatic carbocycles. The molecule has 1 amide bonds. The van der Waals surface area contributed by atoms with E-state index < -0.39 is 0 Å². The summed E-state index contributed by atoms with van der Waals surface area (Å²) in [5.74, 6) is 0.526. The van der Waals surface area contributed by atoms with Gasteiger partial charge in [0.05, 0.1) is 5.02 Å². The van der Waals surface area contributed by atoms with Gasteiger partial charge in [-0.1, -0.05) is 35.0 Å². The standard InChI is InChI=1S/C17H19ClN2O2/c1-11-7-5-6-10-20(11)17(21)15-12(2)22-19-16(15)13-8-3-4-9-14(13)18/h3-4,8-9,11H,5-7,10H2,1-2H3/t11-/m0/s1. The van der Waals surface area contributed by atoms with Crippen LogP contribution in [0.15, 0.2) is 28.8 Å². The Morgan fingerprint density at radius 2 is 2.14 bits per heavy atom. The van der Waals surface area contributed by atoms with E-state index in [0.29, 0.717) is 22.0 Å². The van der Waals surface area contributed by atoms with E-state index in [4.69, 9.17) is 16.1 Å². The molecule has 116 valence electrons. The van der Waals surface area contributed by atoms with Crippen molar-refractivity contribution < 1.29 is 9.32 Å². The predicted octanol–water partition coefficient (Wildman–Crippen LogP) is 4.32. The first kappa shape index (κ1) is 15.1. The fraction of sp³-hybridized carbons (Fsp3) is 0.412. The first-order valence-electron chi connectivity index (χ1n) is 7.61. The molecular weight excluding hydrogens is 300 g/mol. The second-order valence-electron chi connectivity index (χ2n) is 5.79. The van der Waals surface area contributed by atoms with Crippen molar-refractivity contribution in [3.05, 3.63) is 40.6 Å². The molecule has 5 heteroatoms. The van der Waals surface area contributed by atoms with Crippen molar-refractivity contribution >= 4 is 17.5 Å².